The lowest BCUT2D eigenvalue weighted by Crippen LogP contribution is -2.09. The molecule has 0 heterocycles. The summed E-state index contributed by atoms with van der Waals surface area (Å²) >= 11 is 7.95. The van der Waals surface area contributed by atoms with Crippen LogP contribution in [0, 0.1) is 6.92 Å². The van der Waals surface area contributed by atoms with E-state index in [1.807, 2.05) is 43.1 Å². The van der Waals surface area contributed by atoms with Crippen LogP contribution in [0.2, 0.25) is 5.02 Å². The molecule has 0 radical (unpaired) electrons. The van der Waals surface area contributed by atoms with E-state index in [1.54, 1.807) is 0 Å². The summed E-state index contributed by atoms with van der Waals surface area (Å²) in [6.45, 7) is 2.03. The van der Waals surface area contributed by atoms with Crippen LogP contribution in [0.25, 0.3) is 0 Å². The van der Waals surface area contributed by atoms with E-state index in [-0.39, 0.29) is 0 Å². The molecular formula is C15H21ClN2S. The monoisotopic (exact) mass is 296 g/mol. The number of hydrazone groups is 1. The van der Waals surface area contributed by atoms with Gasteiger partial charge in [0.2, 0.25) is 0 Å². The highest BCUT2D eigenvalue weighted by Gasteiger charge is 2.12. The minimum atomic E-state index is 0.764. The van der Waals surface area contributed by atoms with Crippen molar-refractivity contribution in [2.45, 2.75) is 44.3 Å². The van der Waals surface area contributed by atoms with E-state index in [4.69, 9.17) is 11.6 Å². The van der Waals surface area contributed by atoms with Crippen LogP contribution in [0.4, 0.5) is 5.69 Å². The highest BCUT2D eigenvalue weighted by molar-refractivity contribution is 8.00. The first-order chi connectivity index (χ1) is 9.25. The van der Waals surface area contributed by atoms with Gasteiger partial charge in [0.25, 0.3) is 0 Å². The number of hydrogen-bond acceptors (Lipinski definition) is 3. The minimum Gasteiger partial charge on any atom is -0.279 e. The first-order valence-corrected chi connectivity index (χ1v) is 8.33. The first kappa shape index (κ1) is 14.7. The van der Waals surface area contributed by atoms with Crippen LogP contribution >= 0.6 is 23.4 Å². The van der Waals surface area contributed by atoms with Crippen molar-refractivity contribution in [3.63, 3.8) is 0 Å². The second-order valence-corrected chi connectivity index (χ2v) is 6.75. The van der Waals surface area contributed by atoms with Gasteiger partial charge in [0.15, 0.2) is 0 Å². The summed E-state index contributed by atoms with van der Waals surface area (Å²) in [4.78, 5) is 0. The van der Waals surface area contributed by atoms with Gasteiger partial charge < -0.3 is 0 Å². The number of nitrogens with zero attached hydrogens (tertiary/aromatic N) is 1. The third kappa shape index (κ3) is 5.07. The van der Waals surface area contributed by atoms with Gasteiger partial charge in [0, 0.05) is 22.2 Å². The molecule has 0 atom stereocenters. The maximum atomic E-state index is 5.92. The summed E-state index contributed by atoms with van der Waals surface area (Å²) in [6, 6.07) is 5.78. The van der Waals surface area contributed by atoms with Crippen LogP contribution in [0.15, 0.2) is 23.3 Å². The lowest BCUT2D eigenvalue weighted by atomic mass is 10.0. The van der Waals surface area contributed by atoms with E-state index in [9.17, 15) is 0 Å². The molecule has 1 aromatic carbocycles. The lowest BCUT2D eigenvalue weighted by molar-refractivity contribution is 0.516. The Hall–Kier alpha value is -0.670. The van der Waals surface area contributed by atoms with Crippen LogP contribution in [0.5, 0.6) is 0 Å². The van der Waals surface area contributed by atoms with Crippen molar-refractivity contribution in [2.24, 2.45) is 5.10 Å². The zero-order valence-electron chi connectivity index (χ0n) is 11.4. The fourth-order valence-corrected chi connectivity index (χ4v) is 3.64. The van der Waals surface area contributed by atoms with Crippen molar-refractivity contribution in [1.29, 1.82) is 0 Å². The van der Waals surface area contributed by atoms with E-state index < -0.39 is 0 Å². The third-order valence-electron chi connectivity index (χ3n) is 3.42. The largest absolute Gasteiger partial charge is 0.279 e. The Morgan fingerprint density at radius 1 is 1.37 bits per heavy atom. The number of benzene rings is 1. The fourth-order valence-electron chi connectivity index (χ4n) is 2.32. The van der Waals surface area contributed by atoms with Crippen molar-refractivity contribution < 1.29 is 0 Å². The van der Waals surface area contributed by atoms with E-state index >= 15 is 0 Å². The van der Waals surface area contributed by atoms with Gasteiger partial charge in [0.05, 0.1) is 5.69 Å². The van der Waals surface area contributed by atoms with Crippen LogP contribution in [-0.2, 0) is 0 Å². The molecule has 0 unspecified atom stereocenters. The lowest BCUT2D eigenvalue weighted by Gasteiger charge is -2.19. The quantitative estimate of drug-likeness (QED) is 0.603. The predicted molar refractivity (Wildman–Crippen MR) is 87.6 cm³/mol. The Morgan fingerprint density at radius 3 is 2.89 bits per heavy atom. The molecule has 1 aliphatic carbocycles. The Labute approximate surface area is 125 Å². The maximum Gasteiger partial charge on any atom is 0.0591 e. The number of halogens is 1. The number of hydrogen-bond donors (Lipinski definition) is 1. The molecule has 2 nitrogen and oxygen atoms in total. The zero-order chi connectivity index (χ0) is 13.5. The minimum absolute atomic E-state index is 0.764. The van der Waals surface area contributed by atoms with Gasteiger partial charge >= 0.3 is 0 Å². The maximum absolute atomic E-state index is 5.92. The van der Waals surface area contributed by atoms with Crippen molar-refractivity contribution in [3.05, 3.63) is 28.8 Å². The molecule has 1 saturated carbocycles. The second kappa shape index (κ2) is 7.81. The molecule has 0 bridgehead atoms. The molecule has 0 saturated heterocycles. The first-order valence-electron chi connectivity index (χ1n) is 6.91. The van der Waals surface area contributed by atoms with Crippen molar-refractivity contribution >= 4 is 35.3 Å². The van der Waals surface area contributed by atoms with E-state index in [0.29, 0.717) is 0 Å². The smallest absolute Gasteiger partial charge is 0.0591 e. The van der Waals surface area contributed by atoms with Gasteiger partial charge in [0.1, 0.15) is 0 Å². The Balaban J connectivity index is 1.71. The molecule has 1 fully saturated rings. The number of nitrogens with one attached hydrogen (secondary N) is 1. The summed E-state index contributed by atoms with van der Waals surface area (Å²) in [5.74, 6) is 0.990. The number of rotatable bonds is 5. The molecule has 1 aromatic rings. The van der Waals surface area contributed by atoms with Crippen LogP contribution in [0.1, 0.15) is 37.7 Å². The molecule has 1 aliphatic rings. The normalized spacial score (nSPS) is 16.9. The highest BCUT2D eigenvalue weighted by atomic mass is 35.5. The molecule has 0 amide bonds. The topological polar surface area (TPSA) is 24.4 Å². The molecule has 0 aliphatic heterocycles. The van der Waals surface area contributed by atoms with Gasteiger partial charge in [-0.3, -0.25) is 5.43 Å². The Morgan fingerprint density at radius 2 is 2.16 bits per heavy atom. The number of anilines is 1. The predicted octanol–water partition coefficient (Wildman–Crippen LogP) is 5.11. The summed E-state index contributed by atoms with van der Waals surface area (Å²) in [5, 5.41) is 5.89. The van der Waals surface area contributed by atoms with E-state index in [2.05, 4.69) is 10.5 Å². The fraction of sp³-hybridized carbons (Fsp3) is 0.533. The van der Waals surface area contributed by atoms with Gasteiger partial charge in [-0.05, 0) is 43.5 Å². The van der Waals surface area contributed by atoms with Crippen molar-refractivity contribution in [2.75, 3.05) is 11.2 Å². The van der Waals surface area contributed by atoms with Gasteiger partial charge in [-0.2, -0.15) is 16.9 Å². The highest BCUT2D eigenvalue weighted by Crippen LogP contribution is 2.27. The van der Waals surface area contributed by atoms with Gasteiger partial charge in [-0.1, -0.05) is 30.9 Å². The molecule has 4 heteroatoms. The van der Waals surface area contributed by atoms with Crippen molar-refractivity contribution in [1.82, 2.24) is 0 Å². The van der Waals surface area contributed by atoms with Crippen LogP contribution in [0.3, 0.4) is 0 Å². The standard InChI is InChI=1S/C15H21ClN2S/c1-12-11-13(16)7-8-15(12)18-17-9-10-19-14-5-3-2-4-6-14/h7-9,11,14,18H,2-6,10H2,1H3/b17-9+. The molecule has 19 heavy (non-hydrogen) atoms. The van der Waals surface area contributed by atoms with E-state index in [1.165, 1.54) is 32.1 Å². The molecule has 104 valence electrons. The SMILES string of the molecule is Cc1cc(Cl)ccc1N/N=C/CSC1CCCCC1. The van der Waals surface area contributed by atoms with Crippen LogP contribution in [-0.4, -0.2) is 17.2 Å². The third-order valence-corrected chi connectivity index (χ3v) is 4.94. The average molecular weight is 297 g/mol. The molecule has 2 rings (SSSR count). The summed E-state index contributed by atoms with van der Waals surface area (Å²) in [5.41, 5.74) is 5.21. The number of thioether (sulfide) groups is 1. The Kier molecular flexibility index (Phi) is 6.05. The summed E-state index contributed by atoms with van der Waals surface area (Å²) in [6.07, 6.45) is 8.94. The Bertz CT molecular complexity index is 428. The van der Waals surface area contributed by atoms with E-state index in [0.717, 1.165) is 27.3 Å². The van der Waals surface area contributed by atoms with Gasteiger partial charge in [-0.25, -0.2) is 0 Å². The summed E-state index contributed by atoms with van der Waals surface area (Å²) < 4.78 is 0. The summed E-state index contributed by atoms with van der Waals surface area (Å²) in [7, 11) is 0. The van der Waals surface area contributed by atoms with Gasteiger partial charge in [-0.15, -0.1) is 0 Å². The molecule has 1 N–H and O–H groups in total. The average Bonchev–Trinajstić information content (AvgIpc) is 2.42. The number of aryl methyl sites for hydroxylation is 1. The second-order valence-electron chi connectivity index (χ2n) is 4.98. The van der Waals surface area contributed by atoms with Crippen LogP contribution < -0.4 is 5.43 Å². The molecule has 0 spiro atoms. The molecular weight excluding hydrogens is 276 g/mol. The molecule has 0 aromatic heterocycles. The zero-order valence-corrected chi connectivity index (χ0v) is 12.9. The van der Waals surface area contributed by atoms with Crippen molar-refractivity contribution in [3.8, 4) is 0 Å².